The number of carboxylic acids is 1. The number of hydrogen-bond donors (Lipinski definition) is 2. The maximum Gasteiger partial charge on any atom is 0.321 e. The molecule has 7 nitrogen and oxygen atoms in total. The smallest absolute Gasteiger partial charge is 0.321 e. The monoisotopic (exact) mass is 328 g/mol. The molecular weight excluding hydrogens is 308 g/mol. The van der Waals surface area contributed by atoms with Gasteiger partial charge in [-0.2, -0.15) is 0 Å². The minimum Gasteiger partial charge on any atom is -0.481 e. The highest BCUT2D eigenvalue weighted by Crippen LogP contribution is 2.15. The van der Waals surface area contributed by atoms with Crippen molar-refractivity contribution in [2.75, 3.05) is 24.7 Å². The van der Waals surface area contributed by atoms with Crippen molar-refractivity contribution < 1.29 is 23.1 Å². The molecule has 0 saturated heterocycles. The highest BCUT2D eigenvalue weighted by Gasteiger charge is 2.17. The van der Waals surface area contributed by atoms with Gasteiger partial charge in [-0.15, -0.1) is 0 Å². The van der Waals surface area contributed by atoms with Crippen LogP contribution in [0.25, 0.3) is 0 Å². The molecule has 0 fully saturated rings. The number of amides is 2. The summed E-state index contributed by atoms with van der Waals surface area (Å²) in [6.45, 7) is 3.14. The molecule has 1 atom stereocenters. The molecule has 22 heavy (non-hydrogen) atoms. The Balaban J connectivity index is 2.71. The fourth-order valence-electron chi connectivity index (χ4n) is 1.70. The van der Waals surface area contributed by atoms with E-state index in [4.69, 9.17) is 5.11 Å². The summed E-state index contributed by atoms with van der Waals surface area (Å²) in [7, 11) is -1.78. The van der Waals surface area contributed by atoms with Crippen molar-refractivity contribution in [1.82, 2.24) is 4.90 Å². The molecule has 1 aromatic carbocycles. The number of sulfone groups is 1. The Labute approximate surface area is 129 Å². The van der Waals surface area contributed by atoms with Crippen LogP contribution < -0.4 is 5.32 Å². The standard InChI is InChI=1S/C14H20N2O5S/c1-4-22(20,21)12-7-5-11(6-8-12)15-14(19)16(3)9-10(2)13(17)18/h5-8,10H,4,9H2,1-3H3,(H,15,19)(H,17,18). The molecule has 0 aliphatic rings. The zero-order chi connectivity index (χ0) is 16.9. The number of benzene rings is 1. The topological polar surface area (TPSA) is 104 Å². The lowest BCUT2D eigenvalue weighted by molar-refractivity contribution is -0.141. The number of nitrogens with one attached hydrogen (secondary N) is 1. The van der Waals surface area contributed by atoms with Crippen molar-refractivity contribution in [3.8, 4) is 0 Å². The van der Waals surface area contributed by atoms with E-state index in [1.165, 1.54) is 43.1 Å². The molecule has 1 unspecified atom stereocenters. The zero-order valence-electron chi connectivity index (χ0n) is 12.7. The molecule has 0 aromatic heterocycles. The molecule has 122 valence electrons. The van der Waals surface area contributed by atoms with Gasteiger partial charge in [0, 0.05) is 19.3 Å². The number of aliphatic carboxylic acids is 1. The molecule has 2 N–H and O–H groups in total. The van der Waals surface area contributed by atoms with Crippen LogP contribution >= 0.6 is 0 Å². The van der Waals surface area contributed by atoms with E-state index in [-0.39, 0.29) is 17.2 Å². The Morgan fingerprint density at radius 1 is 1.27 bits per heavy atom. The lowest BCUT2D eigenvalue weighted by Gasteiger charge is -2.20. The Hall–Kier alpha value is -2.09. The maximum absolute atomic E-state index is 11.9. The van der Waals surface area contributed by atoms with E-state index < -0.39 is 27.8 Å². The second-order valence-electron chi connectivity index (χ2n) is 4.98. The third-order valence-electron chi connectivity index (χ3n) is 3.16. The first-order valence-corrected chi connectivity index (χ1v) is 8.40. The molecule has 0 bridgehead atoms. The van der Waals surface area contributed by atoms with Crippen LogP contribution in [0.3, 0.4) is 0 Å². The predicted octanol–water partition coefficient (Wildman–Crippen LogP) is 1.66. The summed E-state index contributed by atoms with van der Waals surface area (Å²) < 4.78 is 23.4. The minimum absolute atomic E-state index is 0.00845. The van der Waals surface area contributed by atoms with Crippen LogP contribution in [0.2, 0.25) is 0 Å². The summed E-state index contributed by atoms with van der Waals surface area (Å²) in [4.78, 5) is 24.1. The molecule has 8 heteroatoms. The minimum atomic E-state index is -3.27. The van der Waals surface area contributed by atoms with Crippen molar-refractivity contribution >= 4 is 27.5 Å². The van der Waals surface area contributed by atoms with Crippen LogP contribution in [0, 0.1) is 5.92 Å². The van der Waals surface area contributed by atoms with Crippen LogP contribution in [-0.2, 0) is 14.6 Å². The Morgan fingerprint density at radius 3 is 2.27 bits per heavy atom. The highest BCUT2D eigenvalue weighted by atomic mass is 32.2. The second kappa shape index (κ2) is 7.26. The lowest BCUT2D eigenvalue weighted by atomic mass is 10.2. The van der Waals surface area contributed by atoms with Gasteiger partial charge >= 0.3 is 12.0 Å². The molecule has 1 aromatic rings. The van der Waals surface area contributed by atoms with Gasteiger partial charge in [0.05, 0.1) is 16.6 Å². The van der Waals surface area contributed by atoms with Crippen molar-refractivity contribution in [3.63, 3.8) is 0 Å². The molecule has 0 aliphatic heterocycles. The SMILES string of the molecule is CCS(=O)(=O)c1ccc(NC(=O)N(C)CC(C)C(=O)O)cc1. The van der Waals surface area contributed by atoms with Gasteiger partial charge in [0.15, 0.2) is 9.84 Å². The third-order valence-corrected chi connectivity index (χ3v) is 4.91. The van der Waals surface area contributed by atoms with Crippen LogP contribution in [0.4, 0.5) is 10.5 Å². The Bertz CT molecular complexity index is 640. The van der Waals surface area contributed by atoms with Gasteiger partial charge in [-0.05, 0) is 24.3 Å². The van der Waals surface area contributed by atoms with Crippen LogP contribution in [0.15, 0.2) is 29.2 Å². The van der Waals surface area contributed by atoms with Gasteiger partial charge in [-0.3, -0.25) is 4.79 Å². The van der Waals surface area contributed by atoms with Crippen LogP contribution in [0.5, 0.6) is 0 Å². The van der Waals surface area contributed by atoms with Crippen molar-refractivity contribution in [3.05, 3.63) is 24.3 Å². The number of urea groups is 1. The third kappa shape index (κ3) is 4.73. The summed E-state index contributed by atoms with van der Waals surface area (Å²) >= 11 is 0. The molecule has 1 rings (SSSR count). The summed E-state index contributed by atoms with van der Waals surface area (Å²) in [5.41, 5.74) is 0.440. The number of anilines is 1. The van der Waals surface area contributed by atoms with Crippen LogP contribution in [0.1, 0.15) is 13.8 Å². The van der Waals surface area contributed by atoms with Crippen molar-refractivity contribution in [2.24, 2.45) is 5.92 Å². The summed E-state index contributed by atoms with van der Waals surface area (Å²) in [6.07, 6.45) is 0. The number of nitrogens with zero attached hydrogens (tertiary/aromatic N) is 1. The van der Waals surface area contributed by atoms with Crippen molar-refractivity contribution in [1.29, 1.82) is 0 Å². The van der Waals surface area contributed by atoms with Crippen molar-refractivity contribution in [2.45, 2.75) is 18.7 Å². The van der Waals surface area contributed by atoms with E-state index >= 15 is 0 Å². The highest BCUT2D eigenvalue weighted by molar-refractivity contribution is 7.91. The molecule has 0 heterocycles. The maximum atomic E-state index is 11.9. The van der Waals surface area contributed by atoms with E-state index in [0.29, 0.717) is 5.69 Å². The second-order valence-corrected chi connectivity index (χ2v) is 7.26. The largest absolute Gasteiger partial charge is 0.481 e. The predicted molar refractivity (Wildman–Crippen MR) is 82.6 cm³/mol. The quantitative estimate of drug-likeness (QED) is 0.826. The molecule has 0 aliphatic carbocycles. The number of carbonyl (C=O) groups excluding carboxylic acids is 1. The van der Waals surface area contributed by atoms with Gasteiger partial charge < -0.3 is 15.3 Å². The first kappa shape index (κ1) is 18.0. The number of carbonyl (C=O) groups is 2. The fraction of sp³-hybridized carbons (Fsp3) is 0.429. The average molecular weight is 328 g/mol. The molecular formula is C14H20N2O5S. The van der Waals surface area contributed by atoms with Gasteiger partial charge in [0.2, 0.25) is 0 Å². The molecule has 0 spiro atoms. The lowest BCUT2D eigenvalue weighted by Crippen LogP contribution is -2.36. The van der Waals surface area contributed by atoms with Gasteiger partial charge in [0.1, 0.15) is 0 Å². The van der Waals surface area contributed by atoms with Crippen LogP contribution in [-0.4, -0.2) is 49.8 Å². The van der Waals surface area contributed by atoms with E-state index in [2.05, 4.69) is 5.32 Å². The fourth-order valence-corrected chi connectivity index (χ4v) is 2.59. The zero-order valence-corrected chi connectivity index (χ0v) is 13.6. The Morgan fingerprint density at radius 2 is 1.82 bits per heavy atom. The summed E-state index contributed by atoms with van der Waals surface area (Å²) in [5.74, 6) is -1.64. The van der Waals surface area contributed by atoms with Gasteiger partial charge in [-0.1, -0.05) is 13.8 Å². The Kier molecular flexibility index (Phi) is 5.92. The first-order chi connectivity index (χ1) is 10.2. The van der Waals surface area contributed by atoms with Gasteiger partial charge in [-0.25, -0.2) is 13.2 Å². The van der Waals surface area contributed by atoms with E-state index in [0.717, 1.165) is 0 Å². The van der Waals surface area contributed by atoms with E-state index in [1.807, 2.05) is 0 Å². The number of rotatable bonds is 6. The van der Waals surface area contributed by atoms with E-state index in [9.17, 15) is 18.0 Å². The number of carboxylic acid groups (broad SMARTS) is 1. The van der Waals surface area contributed by atoms with E-state index in [1.54, 1.807) is 6.92 Å². The first-order valence-electron chi connectivity index (χ1n) is 6.75. The van der Waals surface area contributed by atoms with Gasteiger partial charge in [0.25, 0.3) is 0 Å². The average Bonchev–Trinajstić information content (AvgIpc) is 2.47. The molecule has 2 amide bonds. The normalized spacial score (nSPS) is 12.5. The molecule has 0 radical (unpaired) electrons. The number of hydrogen-bond acceptors (Lipinski definition) is 4. The summed E-state index contributed by atoms with van der Waals surface area (Å²) in [6, 6.07) is 5.38. The molecule has 0 saturated carbocycles. The summed E-state index contributed by atoms with van der Waals surface area (Å²) in [5, 5.41) is 11.4.